The van der Waals surface area contributed by atoms with Crippen LogP contribution in [0.25, 0.3) is 11.2 Å². The number of ether oxygens (including phenoxy) is 1. The Balaban J connectivity index is 2.22. The third kappa shape index (κ3) is 1.90. The molecule has 16 heavy (non-hydrogen) atoms. The number of hydrogen-bond donors (Lipinski definition) is 0. The number of alkyl halides is 1. The largest absolute Gasteiger partial charge is 0.453 e. The SMILES string of the molecule is CCC(C)(I)C(=O)Oc1cc2cc(C)c1o2. The summed E-state index contributed by atoms with van der Waals surface area (Å²) >= 11 is 2.11. The molecule has 1 unspecified atom stereocenters. The van der Waals surface area contributed by atoms with Gasteiger partial charge >= 0.3 is 5.97 Å². The van der Waals surface area contributed by atoms with Crippen LogP contribution in [0.15, 0.2) is 16.5 Å². The first-order chi connectivity index (χ1) is 7.44. The number of fused-ring (bicyclic) bond motifs is 2. The Hall–Kier alpha value is -0.780. The summed E-state index contributed by atoms with van der Waals surface area (Å²) in [6, 6.07) is 3.68. The molecule has 4 heteroatoms. The Kier molecular flexibility index (Phi) is 2.86. The molecular weight excluding hydrogens is 319 g/mol. The molecule has 0 spiro atoms. The van der Waals surface area contributed by atoms with Crippen LogP contribution in [0.5, 0.6) is 5.75 Å². The standard InChI is InChI=1S/C12H13IO3/c1-4-12(3,13)11(14)16-9-6-8-5-7(2)10(9)15-8/h5-6H,4H2,1-3H3. The minimum absolute atomic E-state index is 0.223. The van der Waals surface area contributed by atoms with Gasteiger partial charge in [0.1, 0.15) is 9.00 Å². The maximum atomic E-state index is 11.9. The van der Waals surface area contributed by atoms with Crippen LogP contribution in [0.3, 0.4) is 0 Å². The lowest BCUT2D eigenvalue weighted by Gasteiger charge is -2.17. The highest BCUT2D eigenvalue weighted by atomic mass is 127. The molecule has 0 aromatic carbocycles. The van der Waals surface area contributed by atoms with Crippen LogP contribution >= 0.6 is 22.6 Å². The molecule has 0 aliphatic carbocycles. The van der Waals surface area contributed by atoms with Gasteiger partial charge in [-0.15, -0.1) is 0 Å². The van der Waals surface area contributed by atoms with Gasteiger partial charge in [-0.25, -0.2) is 0 Å². The maximum absolute atomic E-state index is 11.9. The quantitative estimate of drug-likeness (QED) is 0.372. The van der Waals surface area contributed by atoms with E-state index in [1.165, 1.54) is 0 Å². The summed E-state index contributed by atoms with van der Waals surface area (Å²) in [6.07, 6.45) is 0.737. The van der Waals surface area contributed by atoms with Crippen molar-refractivity contribution >= 4 is 39.7 Å². The smallest absolute Gasteiger partial charge is 0.327 e. The summed E-state index contributed by atoms with van der Waals surface area (Å²) in [4.78, 5) is 11.9. The van der Waals surface area contributed by atoms with Crippen LogP contribution in [-0.2, 0) is 4.79 Å². The molecule has 2 aromatic heterocycles. The molecule has 2 bridgehead atoms. The molecule has 2 heterocycles. The Morgan fingerprint density at radius 1 is 1.56 bits per heavy atom. The Labute approximate surface area is 108 Å². The van der Waals surface area contributed by atoms with E-state index in [-0.39, 0.29) is 5.97 Å². The molecule has 0 N–H and O–H groups in total. The predicted octanol–water partition coefficient (Wildman–Crippen LogP) is 3.69. The average Bonchev–Trinajstić information content (AvgIpc) is 2.75. The average molecular weight is 332 g/mol. The minimum Gasteiger partial charge on any atom is -0.453 e. The summed E-state index contributed by atoms with van der Waals surface area (Å²) < 4.78 is 10.3. The number of halogens is 1. The number of hydrogen-bond acceptors (Lipinski definition) is 3. The monoisotopic (exact) mass is 332 g/mol. The first kappa shape index (κ1) is 11.7. The van der Waals surface area contributed by atoms with Crippen molar-refractivity contribution in [2.45, 2.75) is 30.6 Å². The Morgan fingerprint density at radius 2 is 2.25 bits per heavy atom. The van der Waals surface area contributed by atoms with Crippen LogP contribution in [0, 0.1) is 6.92 Å². The second-order valence-electron chi connectivity index (χ2n) is 4.11. The van der Waals surface area contributed by atoms with Gasteiger partial charge in [-0.1, -0.05) is 29.5 Å². The lowest BCUT2D eigenvalue weighted by molar-refractivity contribution is -0.136. The third-order valence-corrected chi connectivity index (χ3v) is 3.93. The fourth-order valence-corrected chi connectivity index (χ4v) is 1.55. The van der Waals surface area contributed by atoms with Crippen molar-refractivity contribution < 1.29 is 13.9 Å². The molecule has 0 aliphatic rings. The van der Waals surface area contributed by atoms with E-state index in [1.807, 2.05) is 26.8 Å². The fraction of sp³-hybridized carbons (Fsp3) is 0.417. The molecule has 2 rings (SSSR count). The molecule has 86 valence electrons. The van der Waals surface area contributed by atoms with Gasteiger partial charge in [0.2, 0.25) is 0 Å². The van der Waals surface area contributed by atoms with Crippen molar-refractivity contribution in [2.24, 2.45) is 0 Å². The molecule has 3 nitrogen and oxygen atoms in total. The maximum Gasteiger partial charge on any atom is 0.327 e. The van der Waals surface area contributed by atoms with Gasteiger partial charge < -0.3 is 9.15 Å². The van der Waals surface area contributed by atoms with E-state index in [4.69, 9.17) is 9.15 Å². The van der Waals surface area contributed by atoms with Gasteiger partial charge in [0, 0.05) is 6.07 Å². The van der Waals surface area contributed by atoms with Crippen LogP contribution in [-0.4, -0.2) is 9.39 Å². The zero-order valence-electron chi connectivity index (χ0n) is 9.46. The van der Waals surface area contributed by atoms with Crippen molar-refractivity contribution in [3.05, 3.63) is 17.7 Å². The minimum atomic E-state index is -0.483. The molecule has 0 radical (unpaired) electrons. The number of carbonyl (C=O) groups excluding carboxylic acids is 1. The van der Waals surface area contributed by atoms with E-state index < -0.39 is 3.42 Å². The van der Waals surface area contributed by atoms with E-state index in [9.17, 15) is 4.79 Å². The molecule has 2 aromatic rings. The lowest BCUT2D eigenvalue weighted by Crippen LogP contribution is -2.31. The Morgan fingerprint density at radius 3 is 2.75 bits per heavy atom. The molecule has 1 atom stereocenters. The van der Waals surface area contributed by atoms with Crippen molar-refractivity contribution in [1.29, 1.82) is 0 Å². The zero-order valence-corrected chi connectivity index (χ0v) is 11.6. The van der Waals surface area contributed by atoms with Crippen molar-refractivity contribution in [1.82, 2.24) is 0 Å². The fourth-order valence-electron chi connectivity index (χ4n) is 1.44. The zero-order chi connectivity index (χ0) is 11.9. The first-order valence-corrected chi connectivity index (χ1v) is 6.25. The second kappa shape index (κ2) is 3.91. The number of furan rings is 2. The highest BCUT2D eigenvalue weighted by Crippen LogP contribution is 2.34. The van der Waals surface area contributed by atoms with Gasteiger partial charge in [-0.2, -0.15) is 0 Å². The van der Waals surface area contributed by atoms with Gasteiger partial charge in [0.05, 0.1) is 0 Å². The van der Waals surface area contributed by atoms with E-state index in [0.717, 1.165) is 17.6 Å². The highest BCUT2D eigenvalue weighted by molar-refractivity contribution is 14.1. The summed E-state index contributed by atoms with van der Waals surface area (Å²) in [5, 5.41) is 0. The molecule has 0 saturated heterocycles. The summed E-state index contributed by atoms with van der Waals surface area (Å²) in [5.74, 6) is 0.315. The summed E-state index contributed by atoms with van der Waals surface area (Å²) in [5.41, 5.74) is 2.43. The molecule has 0 amide bonds. The van der Waals surface area contributed by atoms with Crippen LogP contribution < -0.4 is 4.74 Å². The van der Waals surface area contributed by atoms with Crippen molar-refractivity contribution in [3.8, 4) is 5.75 Å². The second-order valence-corrected chi connectivity index (χ2v) is 6.49. The highest BCUT2D eigenvalue weighted by Gasteiger charge is 2.31. The molecule has 0 aliphatic heterocycles. The van der Waals surface area contributed by atoms with Gasteiger partial charge in [0.25, 0.3) is 0 Å². The predicted molar refractivity (Wildman–Crippen MR) is 70.5 cm³/mol. The van der Waals surface area contributed by atoms with E-state index in [2.05, 4.69) is 22.6 Å². The summed E-state index contributed by atoms with van der Waals surface area (Å²) in [7, 11) is 0. The first-order valence-electron chi connectivity index (χ1n) is 5.17. The van der Waals surface area contributed by atoms with E-state index in [0.29, 0.717) is 11.3 Å². The third-order valence-electron chi connectivity index (χ3n) is 2.73. The van der Waals surface area contributed by atoms with E-state index >= 15 is 0 Å². The lowest BCUT2D eigenvalue weighted by atomic mass is 10.1. The normalized spacial score (nSPS) is 15.2. The van der Waals surface area contributed by atoms with Gasteiger partial charge in [-0.3, -0.25) is 4.79 Å². The Bertz CT molecular complexity index is 513. The molecule has 0 fully saturated rings. The molecule has 0 saturated carbocycles. The number of benzene rings is 1. The van der Waals surface area contributed by atoms with E-state index in [1.54, 1.807) is 6.07 Å². The topological polar surface area (TPSA) is 39.4 Å². The van der Waals surface area contributed by atoms with Crippen LogP contribution in [0.1, 0.15) is 25.8 Å². The number of esters is 1. The number of aryl methyl sites for hydroxylation is 1. The molecular formula is C12H13IO3. The van der Waals surface area contributed by atoms with Gasteiger partial charge in [-0.05, 0) is 31.9 Å². The number of rotatable bonds is 3. The summed E-state index contributed by atoms with van der Waals surface area (Å²) in [6.45, 7) is 5.77. The number of carbonyl (C=O) groups is 1. The van der Waals surface area contributed by atoms with Crippen LogP contribution in [0.4, 0.5) is 0 Å². The van der Waals surface area contributed by atoms with Crippen molar-refractivity contribution in [3.63, 3.8) is 0 Å². The van der Waals surface area contributed by atoms with Crippen molar-refractivity contribution in [2.75, 3.05) is 0 Å². The van der Waals surface area contributed by atoms with Gasteiger partial charge in [0.15, 0.2) is 11.3 Å². The van der Waals surface area contributed by atoms with Crippen LogP contribution in [0.2, 0.25) is 0 Å².